The second-order valence-corrected chi connectivity index (χ2v) is 6.90. The Kier molecular flexibility index (Phi) is 4.75. The van der Waals surface area contributed by atoms with E-state index < -0.39 is 5.97 Å². The van der Waals surface area contributed by atoms with Crippen molar-refractivity contribution in [2.24, 2.45) is 0 Å². The van der Waals surface area contributed by atoms with Gasteiger partial charge in [-0.05, 0) is 47.2 Å². The summed E-state index contributed by atoms with van der Waals surface area (Å²) in [5, 5.41) is 9.46. The van der Waals surface area contributed by atoms with Crippen LogP contribution in [0.5, 0.6) is 0 Å². The van der Waals surface area contributed by atoms with Crippen molar-refractivity contribution in [2.45, 2.75) is 57.8 Å². The van der Waals surface area contributed by atoms with Crippen LogP contribution in [0.4, 0.5) is 0 Å². The first-order valence-corrected chi connectivity index (χ1v) is 9.11. The standard InChI is InChI=1S/C22H26O2/c1-3-5-13-22(14-6-4-2)19-10-8-7-9-17(19)18-12-11-16(21(23)24)15-20(18)22/h7-12,15H,3-6,13-14H2,1-2H3,(H,23,24). The fourth-order valence-corrected chi connectivity index (χ4v) is 4.21. The Bertz CT molecular complexity index is 737. The first-order valence-electron chi connectivity index (χ1n) is 9.11. The number of carbonyl (C=O) groups is 1. The first kappa shape index (κ1) is 16.8. The molecule has 0 aromatic heterocycles. The average molecular weight is 322 g/mol. The molecular weight excluding hydrogens is 296 g/mol. The summed E-state index contributed by atoms with van der Waals surface area (Å²) >= 11 is 0. The number of hydrogen-bond acceptors (Lipinski definition) is 1. The minimum absolute atomic E-state index is 0.0244. The topological polar surface area (TPSA) is 37.3 Å². The van der Waals surface area contributed by atoms with Gasteiger partial charge in [-0.2, -0.15) is 0 Å². The van der Waals surface area contributed by atoms with E-state index in [1.165, 1.54) is 22.3 Å². The van der Waals surface area contributed by atoms with Gasteiger partial charge in [0.25, 0.3) is 0 Å². The summed E-state index contributed by atoms with van der Waals surface area (Å²) in [5.74, 6) is -0.839. The normalized spacial score (nSPS) is 14.2. The molecule has 2 aromatic rings. The highest BCUT2D eigenvalue weighted by molar-refractivity contribution is 5.91. The zero-order chi connectivity index (χ0) is 17.2. The van der Waals surface area contributed by atoms with Crippen LogP contribution in [0.3, 0.4) is 0 Å². The number of hydrogen-bond donors (Lipinski definition) is 1. The van der Waals surface area contributed by atoms with E-state index in [4.69, 9.17) is 0 Å². The van der Waals surface area contributed by atoms with E-state index in [0.717, 1.165) is 38.5 Å². The molecule has 0 atom stereocenters. The SMILES string of the molecule is CCCCC1(CCCC)c2ccccc2-c2ccc(C(=O)O)cc21. The highest BCUT2D eigenvalue weighted by atomic mass is 16.4. The lowest BCUT2D eigenvalue weighted by atomic mass is 9.70. The van der Waals surface area contributed by atoms with E-state index >= 15 is 0 Å². The number of carboxylic acid groups (broad SMARTS) is 1. The number of fused-ring (bicyclic) bond motifs is 3. The fourth-order valence-electron chi connectivity index (χ4n) is 4.21. The largest absolute Gasteiger partial charge is 0.478 e. The van der Waals surface area contributed by atoms with Gasteiger partial charge in [0.1, 0.15) is 0 Å². The van der Waals surface area contributed by atoms with Crippen molar-refractivity contribution in [3.63, 3.8) is 0 Å². The van der Waals surface area contributed by atoms with E-state index in [-0.39, 0.29) is 5.41 Å². The van der Waals surface area contributed by atoms with Crippen LogP contribution in [-0.4, -0.2) is 11.1 Å². The van der Waals surface area contributed by atoms with Gasteiger partial charge in [0.15, 0.2) is 0 Å². The van der Waals surface area contributed by atoms with E-state index in [9.17, 15) is 9.90 Å². The van der Waals surface area contributed by atoms with Crippen molar-refractivity contribution in [3.05, 3.63) is 59.2 Å². The second-order valence-electron chi connectivity index (χ2n) is 6.90. The first-order chi connectivity index (χ1) is 11.6. The van der Waals surface area contributed by atoms with E-state index in [2.05, 4.69) is 38.1 Å². The molecule has 0 unspecified atom stereocenters. The maximum absolute atomic E-state index is 11.5. The van der Waals surface area contributed by atoms with Crippen LogP contribution in [0.2, 0.25) is 0 Å². The Labute approximate surface area is 144 Å². The van der Waals surface area contributed by atoms with E-state index in [1.54, 1.807) is 6.07 Å². The lowest BCUT2D eigenvalue weighted by molar-refractivity contribution is 0.0696. The molecule has 1 aliphatic carbocycles. The monoisotopic (exact) mass is 322 g/mol. The van der Waals surface area contributed by atoms with Crippen LogP contribution < -0.4 is 0 Å². The van der Waals surface area contributed by atoms with Gasteiger partial charge in [-0.25, -0.2) is 4.79 Å². The van der Waals surface area contributed by atoms with Crippen molar-refractivity contribution in [1.29, 1.82) is 0 Å². The summed E-state index contributed by atoms with van der Waals surface area (Å²) in [6, 6.07) is 14.3. The number of unbranched alkanes of at least 4 members (excludes halogenated alkanes) is 2. The van der Waals surface area contributed by atoms with Crippen molar-refractivity contribution >= 4 is 5.97 Å². The number of rotatable bonds is 7. The van der Waals surface area contributed by atoms with Crippen molar-refractivity contribution in [3.8, 4) is 11.1 Å². The zero-order valence-corrected chi connectivity index (χ0v) is 14.6. The summed E-state index contributed by atoms with van der Waals surface area (Å²) in [6.07, 6.45) is 6.82. The molecule has 0 saturated heterocycles. The third kappa shape index (κ3) is 2.64. The zero-order valence-electron chi connectivity index (χ0n) is 14.6. The molecule has 0 heterocycles. The molecule has 0 saturated carbocycles. The molecule has 126 valence electrons. The van der Waals surface area contributed by atoms with Crippen LogP contribution in [0.15, 0.2) is 42.5 Å². The summed E-state index contributed by atoms with van der Waals surface area (Å²) in [4.78, 5) is 11.5. The minimum Gasteiger partial charge on any atom is -0.478 e. The number of benzene rings is 2. The van der Waals surface area contributed by atoms with Gasteiger partial charge in [0.2, 0.25) is 0 Å². The van der Waals surface area contributed by atoms with Gasteiger partial charge in [-0.15, -0.1) is 0 Å². The molecule has 0 fully saturated rings. The number of aromatic carboxylic acids is 1. The Morgan fingerprint density at radius 3 is 2.17 bits per heavy atom. The third-order valence-corrected chi connectivity index (χ3v) is 5.43. The van der Waals surface area contributed by atoms with Gasteiger partial charge in [-0.3, -0.25) is 0 Å². The van der Waals surface area contributed by atoms with Crippen molar-refractivity contribution in [2.75, 3.05) is 0 Å². The molecule has 0 aliphatic heterocycles. The molecule has 2 aromatic carbocycles. The van der Waals surface area contributed by atoms with Gasteiger partial charge >= 0.3 is 5.97 Å². The van der Waals surface area contributed by atoms with E-state index in [1.807, 2.05) is 12.1 Å². The summed E-state index contributed by atoms with van der Waals surface area (Å²) in [5.41, 5.74) is 5.51. The Hall–Kier alpha value is -2.09. The van der Waals surface area contributed by atoms with Gasteiger partial charge in [-0.1, -0.05) is 69.9 Å². The Balaban J connectivity index is 2.22. The third-order valence-electron chi connectivity index (χ3n) is 5.43. The maximum atomic E-state index is 11.5. The molecule has 1 N–H and O–H groups in total. The van der Waals surface area contributed by atoms with Gasteiger partial charge < -0.3 is 5.11 Å². The van der Waals surface area contributed by atoms with Gasteiger partial charge in [0, 0.05) is 5.41 Å². The summed E-state index contributed by atoms with van der Waals surface area (Å²) < 4.78 is 0. The molecular formula is C22H26O2. The molecule has 0 bridgehead atoms. The van der Waals surface area contributed by atoms with Gasteiger partial charge in [0.05, 0.1) is 5.56 Å². The minimum atomic E-state index is -0.839. The average Bonchev–Trinajstić information content (AvgIpc) is 2.88. The van der Waals surface area contributed by atoms with Crippen LogP contribution in [0.1, 0.15) is 73.9 Å². The Morgan fingerprint density at radius 2 is 1.54 bits per heavy atom. The molecule has 24 heavy (non-hydrogen) atoms. The molecule has 0 amide bonds. The van der Waals surface area contributed by atoms with Crippen LogP contribution in [0, 0.1) is 0 Å². The predicted octanol–water partition coefficient (Wildman–Crippen LogP) is 6.03. The van der Waals surface area contributed by atoms with Crippen LogP contribution in [-0.2, 0) is 5.41 Å². The van der Waals surface area contributed by atoms with Crippen LogP contribution in [0.25, 0.3) is 11.1 Å². The quantitative estimate of drug-likeness (QED) is 0.675. The lowest BCUT2D eigenvalue weighted by Crippen LogP contribution is -2.25. The Morgan fingerprint density at radius 1 is 0.917 bits per heavy atom. The van der Waals surface area contributed by atoms with Crippen LogP contribution >= 0.6 is 0 Å². The lowest BCUT2D eigenvalue weighted by Gasteiger charge is -2.32. The summed E-state index contributed by atoms with van der Waals surface area (Å²) in [7, 11) is 0. The predicted molar refractivity (Wildman–Crippen MR) is 98.7 cm³/mol. The van der Waals surface area contributed by atoms with Crippen molar-refractivity contribution < 1.29 is 9.90 Å². The highest BCUT2D eigenvalue weighted by Gasteiger charge is 2.42. The van der Waals surface area contributed by atoms with E-state index in [0.29, 0.717) is 5.56 Å². The second kappa shape index (κ2) is 6.80. The highest BCUT2D eigenvalue weighted by Crippen LogP contribution is 2.54. The smallest absolute Gasteiger partial charge is 0.335 e. The molecule has 0 radical (unpaired) electrons. The fraction of sp³-hybridized carbons (Fsp3) is 0.409. The van der Waals surface area contributed by atoms with Crippen molar-refractivity contribution in [1.82, 2.24) is 0 Å². The molecule has 0 spiro atoms. The molecule has 3 rings (SSSR count). The molecule has 2 nitrogen and oxygen atoms in total. The molecule has 2 heteroatoms. The maximum Gasteiger partial charge on any atom is 0.335 e. The molecule has 1 aliphatic rings. The summed E-state index contributed by atoms with van der Waals surface area (Å²) in [6.45, 7) is 4.45. The number of carboxylic acids is 1.